The number of anilines is 1. The zero-order valence-electron chi connectivity index (χ0n) is 14.5. The Morgan fingerprint density at radius 2 is 2.04 bits per heavy atom. The molecule has 0 aromatic heterocycles. The van der Waals surface area contributed by atoms with Crippen LogP contribution in [0, 0.1) is 5.92 Å². The van der Waals surface area contributed by atoms with Crippen LogP contribution in [0.5, 0.6) is 0 Å². The van der Waals surface area contributed by atoms with Gasteiger partial charge < -0.3 is 15.1 Å². The molecule has 5 heteroatoms. The molecule has 0 aliphatic carbocycles. The van der Waals surface area contributed by atoms with E-state index >= 15 is 0 Å². The summed E-state index contributed by atoms with van der Waals surface area (Å²) in [4.78, 5) is 28.4. The molecule has 0 bridgehead atoms. The van der Waals surface area contributed by atoms with Gasteiger partial charge in [-0.25, -0.2) is 0 Å². The third-order valence-electron chi connectivity index (χ3n) is 4.24. The number of carbonyl (C=O) groups is 2. The number of nitrogens with zero attached hydrogens (tertiary/aromatic N) is 2. The molecule has 5 nitrogen and oxygen atoms in total. The molecule has 126 valence electrons. The largest absolute Gasteiger partial charge is 0.341 e. The lowest BCUT2D eigenvalue weighted by Gasteiger charge is -2.19. The van der Waals surface area contributed by atoms with Crippen molar-refractivity contribution < 1.29 is 9.59 Å². The van der Waals surface area contributed by atoms with Crippen LogP contribution in [-0.2, 0) is 9.59 Å². The van der Waals surface area contributed by atoms with Crippen LogP contribution in [0.2, 0.25) is 0 Å². The van der Waals surface area contributed by atoms with E-state index in [0.717, 1.165) is 17.8 Å². The first-order valence-electron chi connectivity index (χ1n) is 8.20. The fraction of sp³-hybridized carbons (Fsp3) is 0.556. The second-order valence-electron chi connectivity index (χ2n) is 6.78. The molecule has 1 heterocycles. The van der Waals surface area contributed by atoms with Crippen LogP contribution < -0.4 is 5.32 Å². The number of nitrogens with one attached hydrogen (secondary N) is 1. The minimum absolute atomic E-state index is 0.0567. The molecule has 2 rings (SSSR count). The maximum atomic E-state index is 12.5. The number of rotatable bonds is 6. The van der Waals surface area contributed by atoms with Crippen molar-refractivity contribution in [2.75, 3.05) is 39.0 Å². The van der Waals surface area contributed by atoms with Crippen molar-refractivity contribution in [1.29, 1.82) is 0 Å². The third kappa shape index (κ3) is 4.55. The molecular formula is C18H27N3O2. The van der Waals surface area contributed by atoms with E-state index in [2.05, 4.69) is 19.2 Å². The van der Waals surface area contributed by atoms with E-state index in [9.17, 15) is 9.59 Å². The maximum absolute atomic E-state index is 12.5. The molecule has 1 N–H and O–H groups in total. The fourth-order valence-electron chi connectivity index (χ4n) is 2.83. The molecule has 1 fully saturated rings. The van der Waals surface area contributed by atoms with Gasteiger partial charge in [0.25, 0.3) is 0 Å². The Balaban J connectivity index is 1.98. The highest BCUT2D eigenvalue weighted by Crippen LogP contribution is 2.25. The van der Waals surface area contributed by atoms with Crippen molar-refractivity contribution in [1.82, 2.24) is 9.80 Å². The number of carbonyl (C=O) groups excluding carboxylic acids is 2. The van der Waals surface area contributed by atoms with Crippen LogP contribution in [0.25, 0.3) is 0 Å². The summed E-state index contributed by atoms with van der Waals surface area (Å²) in [7, 11) is 3.96. The molecule has 23 heavy (non-hydrogen) atoms. The molecule has 1 atom stereocenters. The van der Waals surface area contributed by atoms with Crippen LogP contribution >= 0.6 is 0 Å². The molecule has 1 aromatic carbocycles. The molecule has 0 spiro atoms. The lowest BCUT2D eigenvalue weighted by Crippen LogP contribution is -2.34. The second kappa shape index (κ2) is 7.59. The van der Waals surface area contributed by atoms with E-state index in [1.807, 2.05) is 43.3 Å². The van der Waals surface area contributed by atoms with E-state index in [1.54, 1.807) is 4.90 Å². The minimum atomic E-state index is -0.259. The first kappa shape index (κ1) is 17.5. The van der Waals surface area contributed by atoms with Gasteiger partial charge in [0, 0.05) is 31.7 Å². The number of likely N-dealkylation sites (N-methyl/N-ethyl adjacent to an activating group) is 1. The van der Waals surface area contributed by atoms with Crippen molar-refractivity contribution in [3.8, 4) is 0 Å². The molecule has 1 saturated heterocycles. The quantitative estimate of drug-likeness (QED) is 0.875. The molecule has 2 amide bonds. The molecule has 1 aromatic rings. The zero-order chi connectivity index (χ0) is 17.0. The van der Waals surface area contributed by atoms with E-state index in [4.69, 9.17) is 0 Å². The highest BCUT2D eigenvalue weighted by atomic mass is 16.2. The van der Waals surface area contributed by atoms with Gasteiger partial charge in [-0.2, -0.15) is 0 Å². The Labute approximate surface area is 138 Å². The smallest absolute Gasteiger partial charge is 0.229 e. The van der Waals surface area contributed by atoms with Crippen molar-refractivity contribution in [2.45, 2.75) is 26.2 Å². The van der Waals surface area contributed by atoms with Gasteiger partial charge in [0.15, 0.2) is 0 Å². The topological polar surface area (TPSA) is 52.7 Å². The molecule has 0 saturated carbocycles. The number of hydrogen-bond acceptors (Lipinski definition) is 3. The number of para-hydroxylation sites is 1. The minimum Gasteiger partial charge on any atom is -0.341 e. The Morgan fingerprint density at radius 1 is 1.35 bits per heavy atom. The van der Waals surface area contributed by atoms with Crippen LogP contribution in [0.3, 0.4) is 0 Å². The van der Waals surface area contributed by atoms with Crippen molar-refractivity contribution >= 4 is 17.5 Å². The number of amides is 2. The number of likely N-dealkylation sites (tertiary alicyclic amines) is 1. The van der Waals surface area contributed by atoms with Crippen LogP contribution in [0.1, 0.15) is 31.7 Å². The van der Waals surface area contributed by atoms with Gasteiger partial charge in [0.1, 0.15) is 0 Å². The van der Waals surface area contributed by atoms with E-state index in [1.165, 1.54) is 0 Å². The van der Waals surface area contributed by atoms with Gasteiger partial charge in [0.05, 0.1) is 5.92 Å². The van der Waals surface area contributed by atoms with Gasteiger partial charge in [-0.05, 0) is 31.6 Å². The summed E-state index contributed by atoms with van der Waals surface area (Å²) in [5, 5.41) is 3.01. The van der Waals surface area contributed by atoms with Crippen molar-refractivity contribution in [3.63, 3.8) is 0 Å². The van der Waals surface area contributed by atoms with E-state index < -0.39 is 0 Å². The highest BCUT2D eigenvalue weighted by molar-refractivity contribution is 5.97. The lowest BCUT2D eigenvalue weighted by molar-refractivity contribution is -0.128. The maximum Gasteiger partial charge on any atom is 0.229 e. The molecule has 0 radical (unpaired) electrons. The normalized spacial score (nSPS) is 18.1. The summed E-state index contributed by atoms with van der Waals surface area (Å²) in [6, 6.07) is 7.86. The Kier molecular flexibility index (Phi) is 5.77. The Morgan fingerprint density at radius 3 is 2.70 bits per heavy atom. The summed E-state index contributed by atoms with van der Waals surface area (Å²) in [6.07, 6.45) is 0.309. The Hall–Kier alpha value is -1.88. The van der Waals surface area contributed by atoms with Gasteiger partial charge in [0.2, 0.25) is 11.8 Å². The third-order valence-corrected chi connectivity index (χ3v) is 4.24. The summed E-state index contributed by atoms with van der Waals surface area (Å²) in [5.41, 5.74) is 1.97. The van der Waals surface area contributed by atoms with Crippen LogP contribution in [-0.4, -0.2) is 55.3 Å². The van der Waals surface area contributed by atoms with Gasteiger partial charge in [-0.1, -0.05) is 32.0 Å². The second-order valence-corrected chi connectivity index (χ2v) is 6.78. The summed E-state index contributed by atoms with van der Waals surface area (Å²) in [6.45, 7) is 6.22. The average molecular weight is 317 g/mol. The predicted molar refractivity (Wildman–Crippen MR) is 92.4 cm³/mol. The van der Waals surface area contributed by atoms with Crippen LogP contribution in [0.4, 0.5) is 5.69 Å². The summed E-state index contributed by atoms with van der Waals surface area (Å²) in [5.74, 6) is 0.0983. The van der Waals surface area contributed by atoms with Gasteiger partial charge in [-0.15, -0.1) is 0 Å². The first-order valence-corrected chi connectivity index (χ1v) is 8.20. The van der Waals surface area contributed by atoms with Crippen molar-refractivity contribution in [3.05, 3.63) is 29.8 Å². The average Bonchev–Trinajstić information content (AvgIpc) is 2.86. The highest BCUT2D eigenvalue weighted by Gasteiger charge is 2.34. The molecule has 1 aliphatic heterocycles. The molecule has 1 unspecified atom stereocenters. The van der Waals surface area contributed by atoms with E-state index in [0.29, 0.717) is 25.4 Å². The van der Waals surface area contributed by atoms with Crippen LogP contribution in [0.15, 0.2) is 24.3 Å². The standard InChI is InChI=1S/C18H27N3O2/c1-13(2)15-7-5-6-8-16(15)19-18(23)14-11-17(22)21(12-14)10-9-20(3)4/h5-8,13-14H,9-12H2,1-4H3,(H,19,23). The first-order chi connectivity index (χ1) is 10.9. The number of hydrogen-bond donors (Lipinski definition) is 1. The van der Waals surface area contributed by atoms with Gasteiger partial charge >= 0.3 is 0 Å². The monoisotopic (exact) mass is 317 g/mol. The van der Waals surface area contributed by atoms with Gasteiger partial charge in [-0.3, -0.25) is 9.59 Å². The molecule has 1 aliphatic rings. The molecular weight excluding hydrogens is 290 g/mol. The fourth-order valence-corrected chi connectivity index (χ4v) is 2.83. The summed E-state index contributed by atoms with van der Waals surface area (Å²) >= 11 is 0. The Bertz CT molecular complexity index is 569. The SMILES string of the molecule is CC(C)c1ccccc1NC(=O)C1CC(=O)N(CCN(C)C)C1. The predicted octanol–water partition coefficient (Wildman–Crippen LogP) is 2.16. The van der Waals surface area contributed by atoms with Crippen molar-refractivity contribution in [2.24, 2.45) is 5.92 Å². The number of benzene rings is 1. The van der Waals surface area contributed by atoms with E-state index in [-0.39, 0.29) is 17.7 Å². The summed E-state index contributed by atoms with van der Waals surface area (Å²) < 4.78 is 0. The zero-order valence-corrected chi connectivity index (χ0v) is 14.5. The lowest BCUT2D eigenvalue weighted by atomic mass is 10.0.